The number of aryl methyl sites for hydroxylation is 1. The Bertz CT molecular complexity index is 1060. The maximum atomic E-state index is 13.2. The van der Waals surface area contributed by atoms with Crippen molar-refractivity contribution in [3.63, 3.8) is 0 Å². The highest BCUT2D eigenvalue weighted by molar-refractivity contribution is 7.89. The molecule has 140 valence electrons. The Kier molecular flexibility index (Phi) is 4.53. The Morgan fingerprint density at radius 1 is 1.15 bits per heavy atom. The van der Waals surface area contributed by atoms with E-state index in [4.69, 9.17) is 0 Å². The predicted octanol–water partition coefficient (Wildman–Crippen LogP) is 3.24. The summed E-state index contributed by atoms with van der Waals surface area (Å²) < 4.78 is 42.6. The summed E-state index contributed by atoms with van der Waals surface area (Å²) in [6.07, 6.45) is 4.97. The molecule has 0 spiro atoms. The van der Waals surface area contributed by atoms with Crippen molar-refractivity contribution < 1.29 is 12.8 Å². The molecule has 0 unspecified atom stereocenters. The largest absolute Gasteiger partial charge is 0.288 e. The standard InChI is InChI=1S/C19H19FN4O2S/c1-14-21-11-13-23(14)19-6-2-4-17(22-19)18-5-3-12-24(18)27(25,26)16-9-7-15(20)8-10-16/h2,4,6-11,13,18H,3,5,12H2,1H3/t18-/m1/s1. The quantitative estimate of drug-likeness (QED) is 0.690. The van der Waals surface area contributed by atoms with E-state index < -0.39 is 15.8 Å². The van der Waals surface area contributed by atoms with Gasteiger partial charge in [0.2, 0.25) is 10.0 Å². The SMILES string of the molecule is Cc1nccn1-c1cccc([C@H]2CCCN2S(=O)(=O)c2ccc(F)cc2)n1. The average Bonchev–Trinajstić information content (AvgIpc) is 3.31. The number of hydrogen-bond donors (Lipinski definition) is 0. The van der Waals surface area contributed by atoms with Crippen molar-refractivity contribution in [1.29, 1.82) is 0 Å². The van der Waals surface area contributed by atoms with Crippen molar-refractivity contribution in [2.45, 2.75) is 30.7 Å². The third-order valence-electron chi connectivity index (χ3n) is 4.79. The molecule has 0 N–H and O–H groups in total. The van der Waals surface area contributed by atoms with Gasteiger partial charge in [-0.1, -0.05) is 6.07 Å². The summed E-state index contributed by atoms with van der Waals surface area (Å²) in [4.78, 5) is 8.99. The number of rotatable bonds is 4. The van der Waals surface area contributed by atoms with E-state index in [1.54, 1.807) is 6.20 Å². The van der Waals surface area contributed by atoms with Crippen LogP contribution in [0.1, 0.15) is 30.4 Å². The van der Waals surface area contributed by atoms with Crippen LogP contribution in [-0.4, -0.2) is 33.8 Å². The molecule has 0 amide bonds. The van der Waals surface area contributed by atoms with Crippen LogP contribution in [-0.2, 0) is 10.0 Å². The van der Waals surface area contributed by atoms with E-state index in [2.05, 4.69) is 9.97 Å². The summed E-state index contributed by atoms with van der Waals surface area (Å²) in [5.74, 6) is 1.05. The zero-order valence-corrected chi connectivity index (χ0v) is 15.6. The van der Waals surface area contributed by atoms with Gasteiger partial charge < -0.3 is 0 Å². The lowest BCUT2D eigenvalue weighted by molar-refractivity contribution is 0.390. The number of imidazole rings is 1. The molecular formula is C19H19FN4O2S. The summed E-state index contributed by atoms with van der Waals surface area (Å²) in [5, 5.41) is 0. The number of hydrogen-bond acceptors (Lipinski definition) is 4. The third kappa shape index (κ3) is 3.26. The molecule has 3 heterocycles. The average molecular weight is 386 g/mol. The predicted molar refractivity (Wildman–Crippen MR) is 98.4 cm³/mol. The molecule has 8 heteroatoms. The molecule has 0 radical (unpaired) electrons. The van der Waals surface area contributed by atoms with Gasteiger partial charge in [0.25, 0.3) is 0 Å². The molecule has 6 nitrogen and oxygen atoms in total. The van der Waals surface area contributed by atoms with Crippen LogP contribution in [0.5, 0.6) is 0 Å². The van der Waals surface area contributed by atoms with Crippen molar-refractivity contribution in [3.05, 3.63) is 72.2 Å². The number of halogens is 1. The molecule has 2 aromatic heterocycles. The first-order valence-corrected chi connectivity index (χ1v) is 10.2. The molecular weight excluding hydrogens is 367 g/mol. The van der Waals surface area contributed by atoms with Crippen molar-refractivity contribution >= 4 is 10.0 Å². The van der Waals surface area contributed by atoms with E-state index in [9.17, 15) is 12.8 Å². The van der Waals surface area contributed by atoms with Crippen LogP contribution >= 0.6 is 0 Å². The molecule has 0 aliphatic carbocycles. The Morgan fingerprint density at radius 2 is 1.93 bits per heavy atom. The Labute approximate surface area is 157 Å². The number of nitrogens with zero attached hydrogens (tertiary/aromatic N) is 4. The lowest BCUT2D eigenvalue weighted by atomic mass is 10.1. The minimum absolute atomic E-state index is 0.0948. The van der Waals surface area contributed by atoms with Crippen LogP contribution in [0, 0.1) is 12.7 Å². The summed E-state index contributed by atoms with van der Waals surface area (Å²) in [6, 6.07) is 10.2. The second-order valence-electron chi connectivity index (χ2n) is 6.49. The van der Waals surface area contributed by atoms with E-state index in [1.807, 2.05) is 35.9 Å². The number of benzene rings is 1. The second kappa shape index (κ2) is 6.86. The first-order valence-electron chi connectivity index (χ1n) is 8.71. The van der Waals surface area contributed by atoms with Gasteiger partial charge in [-0.25, -0.2) is 22.8 Å². The summed E-state index contributed by atoms with van der Waals surface area (Å²) in [7, 11) is -3.72. The molecule has 27 heavy (non-hydrogen) atoms. The maximum Gasteiger partial charge on any atom is 0.243 e. The van der Waals surface area contributed by atoms with E-state index in [0.717, 1.165) is 12.2 Å². The third-order valence-corrected chi connectivity index (χ3v) is 6.72. The molecule has 1 aliphatic rings. The molecule has 0 saturated carbocycles. The zero-order valence-electron chi connectivity index (χ0n) is 14.8. The highest BCUT2D eigenvalue weighted by atomic mass is 32.2. The summed E-state index contributed by atoms with van der Waals surface area (Å²) in [5.41, 5.74) is 0.698. The van der Waals surface area contributed by atoms with Crippen LogP contribution in [0.15, 0.2) is 59.8 Å². The van der Waals surface area contributed by atoms with Gasteiger partial charge in [0.15, 0.2) is 0 Å². The molecule has 1 aliphatic heterocycles. The molecule has 1 fully saturated rings. The van der Waals surface area contributed by atoms with Crippen LogP contribution < -0.4 is 0 Å². The van der Waals surface area contributed by atoms with Crippen molar-refractivity contribution in [1.82, 2.24) is 18.8 Å². The highest BCUT2D eigenvalue weighted by Crippen LogP contribution is 2.36. The van der Waals surface area contributed by atoms with E-state index in [-0.39, 0.29) is 10.9 Å². The number of aromatic nitrogens is 3. The molecule has 3 aromatic rings. The van der Waals surface area contributed by atoms with Gasteiger partial charge in [-0.2, -0.15) is 4.31 Å². The number of sulfonamides is 1. The lowest BCUT2D eigenvalue weighted by Gasteiger charge is -2.24. The molecule has 1 atom stereocenters. The first-order chi connectivity index (χ1) is 13.0. The van der Waals surface area contributed by atoms with E-state index in [0.29, 0.717) is 24.5 Å². The fraction of sp³-hybridized carbons (Fsp3) is 0.263. The van der Waals surface area contributed by atoms with Crippen LogP contribution in [0.4, 0.5) is 4.39 Å². The molecule has 0 bridgehead atoms. The molecule has 4 rings (SSSR count). The smallest absolute Gasteiger partial charge is 0.243 e. The fourth-order valence-corrected chi connectivity index (χ4v) is 5.11. The zero-order chi connectivity index (χ0) is 19.0. The van der Waals surface area contributed by atoms with Gasteiger partial charge in [-0.15, -0.1) is 0 Å². The van der Waals surface area contributed by atoms with Crippen molar-refractivity contribution in [2.75, 3.05) is 6.54 Å². The van der Waals surface area contributed by atoms with Gasteiger partial charge in [0.05, 0.1) is 16.6 Å². The normalized spacial score (nSPS) is 18.1. The monoisotopic (exact) mass is 386 g/mol. The fourth-order valence-electron chi connectivity index (χ4n) is 3.44. The van der Waals surface area contributed by atoms with Gasteiger partial charge in [0.1, 0.15) is 17.5 Å². The van der Waals surface area contributed by atoms with Gasteiger partial charge in [0, 0.05) is 18.9 Å². The van der Waals surface area contributed by atoms with Crippen LogP contribution in [0.2, 0.25) is 0 Å². The van der Waals surface area contributed by atoms with E-state index >= 15 is 0 Å². The van der Waals surface area contributed by atoms with Gasteiger partial charge >= 0.3 is 0 Å². The Morgan fingerprint density at radius 3 is 2.63 bits per heavy atom. The van der Waals surface area contributed by atoms with Crippen molar-refractivity contribution in [3.8, 4) is 5.82 Å². The number of pyridine rings is 1. The highest BCUT2D eigenvalue weighted by Gasteiger charge is 2.37. The minimum Gasteiger partial charge on any atom is -0.288 e. The first kappa shape index (κ1) is 17.8. The van der Waals surface area contributed by atoms with Crippen LogP contribution in [0.25, 0.3) is 5.82 Å². The lowest BCUT2D eigenvalue weighted by Crippen LogP contribution is -2.31. The molecule has 1 aromatic carbocycles. The van der Waals surface area contributed by atoms with Crippen LogP contribution in [0.3, 0.4) is 0 Å². The van der Waals surface area contributed by atoms with Gasteiger partial charge in [-0.3, -0.25) is 4.57 Å². The topological polar surface area (TPSA) is 68.1 Å². The summed E-state index contributed by atoms with van der Waals surface area (Å²) >= 11 is 0. The van der Waals surface area contributed by atoms with Gasteiger partial charge in [-0.05, 0) is 56.2 Å². The summed E-state index contributed by atoms with van der Waals surface area (Å²) in [6.45, 7) is 2.30. The van der Waals surface area contributed by atoms with E-state index in [1.165, 1.54) is 28.6 Å². The van der Waals surface area contributed by atoms with Crippen molar-refractivity contribution in [2.24, 2.45) is 0 Å². The Balaban J connectivity index is 1.70. The molecule has 1 saturated heterocycles. The minimum atomic E-state index is -3.72. The second-order valence-corrected chi connectivity index (χ2v) is 8.38. The maximum absolute atomic E-state index is 13.2. The Hall–Kier alpha value is -2.58.